The van der Waals surface area contributed by atoms with Crippen LogP contribution in [0.25, 0.3) is 0 Å². The number of piperazine rings is 1. The molecule has 16 heavy (non-hydrogen) atoms. The largest absolute Gasteiger partial charge is 0.339 e. The summed E-state index contributed by atoms with van der Waals surface area (Å²) < 4.78 is 23.3. The zero-order valence-corrected chi connectivity index (χ0v) is 10.3. The van der Waals surface area contributed by atoms with Crippen LogP contribution in [0.15, 0.2) is 0 Å². The lowest BCUT2D eigenvalue weighted by atomic mass is 10.2. The van der Waals surface area contributed by atoms with Crippen molar-refractivity contribution >= 4 is 16.1 Å². The number of likely N-dealkylation sites (N-methyl/N-ethyl adjacent to an activating group) is 1. The maximum Gasteiger partial charge on any atom is 0.277 e. The summed E-state index contributed by atoms with van der Waals surface area (Å²) in [5.74, 6) is -0.0171. The lowest BCUT2D eigenvalue weighted by Crippen LogP contribution is -2.55. The lowest BCUT2D eigenvalue weighted by molar-refractivity contribution is -0.134. The van der Waals surface area contributed by atoms with E-state index in [0.717, 1.165) is 0 Å². The Kier molecular flexibility index (Phi) is 4.25. The highest BCUT2D eigenvalue weighted by Crippen LogP contribution is 2.05. The molecule has 1 fully saturated rings. The Morgan fingerprint density at radius 3 is 2.19 bits per heavy atom. The fraction of sp³-hybridized carbons (Fsp3) is 0.875. The Hall–Kier alpha value is -0.700. The van der Waals surface area contributed by atoms with E-state index in [1.807, 2.05) is 0 Å². The molecule has 1 amide bonds. The van der Waals surface area contributed by atoms with Gasteiger partial charge in [0.05, 0.1) is 6.04 Å². The summed E-state index contributed by atoms with van der Waals surface area (Å²) in [5.41, 5.74) is 0. The number of hydrogen-bond donors (Lipinski definition) is 2. The van der Waals surface area contributed by atoms with Gasteiger partial charge >= 0.3 is 0 Å². The topological polar surface area (TPSA) is 95.7 Å². The molecule has 7 nitrogen and oxygen atoms in total. The van der Waals surface area contributed by atoms with Gasteiger partial charge in [-0.3, -0.25) is 4.79 Å². The smallest absolute Gasteiger partial charge is 0.277 e. The summed E-state index contributed by atoms with van der Waals surface area (Å²) in [4.78, 5) is 13.4. The summed E-state index contributed by atoms with van der Waals surface area (Å²) in [7, 11) is -1.91. The van der Waals surface area contributed by atoms with Gasteiger partial charge in [-0.15, -0.1) is 0 Å². The van der Waals surface area contributed by atoms with E-state index < -0.39 is 10.2 Å². The van der Waals surface area contributed by atoms with Crippen molar-refractivity contribution in [3.63, 3.8) is 0 Å². The van der Waals surface area contributed by atoms with E-state index >= 15 is 0 Å². The molecule has 0 bridgehead atoms. The van der Waals surface area contributed by atoms with Crippen molar-refractivity contribution in [2.75, 3.05) is 33.2 Å². The molecule has 0 aromatic heterocycles. The van der Waals surface area contributed by atoms with Crippen molar-refractivity contribution in [2.45, 2.75) is 13.0 Å². The molecular weight excluding hydrogens is 232 g/mol. The maximum atomic E-state index is 11.7. The van der Waals surface area contributed by atoms with Gasteiger partial charge in [0, 0.05) is 26.2 Å². The lowest BCUT2D eigenvalue weighted by Gasteiger charge is -2.34. The molecule has 1 aliphatic heterocycles. The molecule has 0 aliphatic carbocycles. The first kappa shape index (κ1) is 13.4. The van der Waals surface area contributed by atoms with Crippen LogP contribution in [-0.2, 0) is 15.0 Å². The molecule has 0 aromatic rings. The summed E-state index contributed by atoms with van der Waals surface area (Å²) in [5, 5.41) is 7.86. The molecule has 94 valence electrons. The number of nitrogens with two attached hydrogens (primary N) is 1. The van der Waals surface area contributed by atoms with E-state index in [4.69, 9.17) is 5.14 Å². The predicted molar refractivity (Wildman–Crippen MR) is 59.8 cm³/mol. The van der Waals surface area contributed by atoms with Crippen molar-refractivity contribution in [1.29, 1.82) is 0 Å². The SMILES string of the molecule is CNC(C)C(=O)N1CCN(S(N)(=O)=O)CC1. The Labute approximate surface area is 95.8 Å². The molecule has 0 spiro atoms. The molecule has 0 radical (unpaired) electrons. The highest BCUT2D eigenvalue weighted by molar-refractivity contribution is 7.86. The third-order valence-corrected chi connectivity index (χ3v) is 3.80. The van der Waals surface area contributed by atoms with Gasteiger partial charge in [-0.1, -0.05) is 0 Å². The summed E-state index contributed by atoms with van der Waals surface area (Å²) >= 11 is 0. The number of hydrogen-bond acceptors (Lipinski definition) is 4. The van der Waals surface area contributed by atoms with Crippen LogP contribution in [-0.4, -0.2) is 62.8 Å². The van der Waals surface area contributed by atoms with E-state index in [1.165, 1.54) is 4.31 Å². The standard InChI is InChI=1S/C8H18N4O3S/c1-7(10-2)8(13)11-3-5-12(6-4-11)16(9,14)15/h7,10H,3-6H2,1-2H3,(H2,9,14,15). The van der Waals surface area contributed by atoms with Crippen LogP contribution in [0.1, 0.15) is 6.92 Å². The quantitative estimate of drug-likeness (QED) is 0.602. The minimum absolute atomic E-state index is 0.0171. The van der Waals surface area contributed by atoms with Crippen molar-refractivity contribution < 1.29 is 13.2 Å². The zero-order valence-electron chi connectivity index (χ0n) is 9.51. The van der Waals surface area contributed by atoms with Crippen LogP contribution in [0.3, 0.4) is 0 Å². The second-order valence-corrected chi connectivity index (χ2v) is 5.33. The molecule has 0 saturated carbocycles. The van der Waals surface area contributed by atoms with Crippen LogP contribution in [0, 0.1) is 0 Å². The Bertz CT molecular complexity index is 348. The second kappa shape index (κ2) is 5.09. The van der Waals surface area contributed by atoms with E-state index in [9.17, 15) is 13.2 Å². The van der Waals surface area contributed by atoms with Crippen molar-refractivity contribution in [3.8, 4) is 0 Å². The average Bonchev–Trinajstić information content (AvgIpc) is 2.26. The van der Waals surface area contributed by atoms with Gasteiger partial charge in [0.2, 0.25) is 5.91 Å². The third-order valence-electron chi connectivity index (χ3n) is 2.71. The monoisotopic (exact) mass is 250 g/mol. The van der Waals surface area contributed by atoms with Gasteiger partial charge in [0.25, 0.3) is 10.2 Å². The summed E-state index contributed by atoms with van der Waals surface area (Å²) in [6, 6.07) is -0.249. The van der Waals surface area contributed by atoms with Gasteiger partial charge in [-0.05, 0) is 14.0 Å². The number of amides is 1. The highest BCUT2D eigenvalue weighted by atomic mass is 32.2. The van der Waals surface area contributed by atoms with E-state index in [1.54, 1.807) is 18.9 Å². The van der Waals surface area contributed by atoms with Gasteiger partial charge in [0.15, 0.2) is 0 Å². The second-order valence-electron chi connectivity index (χ2n) is 3.78. The molecule has 1 heterocycles. The average molecular weight is 250 g/mol. The van der Waals surface area contributed by atoms with Crippen molar-refractivity contribution in [3.05, 3.63) is 0 Å². The molecule has 8 heteroatoms. The van der Waals surface area contributed by atoms with Crippen molar-refractivity contribution in [2.24, 2.45) is 5.14 Å². The van der Waals surface area contributed by atoms with E-state index in [-0.39, 0.29) is 25.0 Å². The first-order valence-electron chi connectivity index (χ1n) is 5.10. The number of rotatable bonds is 3. The molecule has 0 aromatic carbocycles. The van der Waals surface area contributed by atoms with Crippen LogP contribution in [0.4, 0.5) is 0 Å². The Morgan fingerprint density at radius 2 is 1.81 bits per heavy atom. The third kappa shape index (κ3) is 3.14. The zero-order chi connectivity index (χ0) is 12.3. The minimum Gasteiger partial charge on any atom is -0.339 e. The highest BCUT2D eigenvalue weighted by Gasteiger charge is 2.27. The molecule has 3 N–H and O–H groups in total. The molecule has 1 aliphatic rings. The van der Waals surface area contributed by atoms with Crippen LogP contribution in [0.5, 0.6) is 0 Å². The first-order valence-corrected chi connectivity index (χ1v) is 6.60. The maximum absolute atomic E-state index is 11.7. The normalized spacial score (nSPS) is 20.8. The fourth-order valence-corrected chi connectivity index (χ4v) is 2.23. The number of carbonyl (C=O) groups excluding carboxylic acids is 1. The number of nitrogens with zero attached hydrogens (tertiary/aromatic N) is 2. The predicted octanol–water partition coefficient (Wildman–Crippen LogP) is -2.06. The molecule has 1 atom stereocenters. The first-order chi connectivity index (χ1) is 7.36. The van der Waals surface area contributed by atoms with Gasteiger partial charge in [-0.2, -0.15) is 12.7 Å². The van der Waals surface area contributed by atoms with Gasteiger partial charge in [-0.25, -0.2) is 5.14 Å². The molecule has 1 unspecified atom stereocenters. The van der Waals surface area contributed by atoms with Crippen molar-refractivity contribution in [1.82, 2.24) is 14.5 Å². The molecule has 1 saturated heterocycles. The fourth-order valence-electron chi connectivity index (χ4n) is 1.56. The molecular formula is C8H18N4O3S. The number of nitrogens with one attached hydrogen (secondary N) is 1. The summed E-state index contributed by atoms with van der Waals surface area (Å²) in [6.45, 7) is 3.08. The Balaban J connectivity index is 2.53. The van der Waals surface area contributed by atoms with E-state index in [0.29, 0.717) is 13.1 Å². The Morgan fingerprint density at radius 1 is 1.31 bits per heavy atom. The molecule has 1 rings (SSSR count). The summed E-state index contributed by atoms with van der Waals surface area (Å²) in [6.07, 6.45) is 0. The van der Waals surface area contributed by atoms with Gasteiger partial charge in [0.1, 0.15) is 0 Å². The number of carbonyl (C=O) groups is 1. The van der Waals surface area contributed by atoms with E-state index in [2.05, 4.69) is 5.32 Å². The van der Waals surface area contributed by atoms with Crippen LogP contribution < -0.4 is 10.5 Å². The van der Waals surface area contributed by atoms with Crippen LogP contribution in [0.2, 0.25) is 0 Å². The van der Waals surface area contributed by atoms with Gasteiger partial charge < -0.3 is 10.2 Å². The minimum atomic E-state index is -3.62. The van der Waals surface area contributed by atoms with Crippen LogP contribution >= 0.6 is 0 Å².